The number of hydrogen-bond donors (Lipinski definition) is 1. The van der Waals surface area contributed by atoms with Gasteiger partial charge in [-0.15, -0.1) is 0 Å². The van der Waals surface area contributed by atoms with E-state index in [2.05, 4.69) is 14.8 Å². The standard InChI is InChI=1S/C10H16N4S/c11-8-1-3-14-9(5-8)12-10(13-14)7-2-4-15-6-7/h7-8H,1-6,11H2. The Balaban J connectivity index is 1.85. The van der Waals surface area contributed by atoms with Crippen LogP contribution in [0, 0.1) is 0 Å². The Morgan fingerprint density at radius 2 is 2.33 bits per heavy atom. The third-order valence-corrected chi connectivity index (χ3v) is 4.38. The number of fused-ring (bicyclic) bond motifs is 1. The highest BCUT2D eigenvalue weighted by atomic mass is 32.2. The van der Waals surface area contributed by atoms with Gasteiger partial charge in [-0.05, 0) is 18.6 Å². The fourth-order valence-electron chi connectivity index (χ4n) is 2.26. The summed E-state index contributed by atoms with van der Waals surface area (Å²) in [5, 5.41) is 4.60. The molecule has 0 saturated carbocycles. The largest absolute Gasteiger partial charge is 0.327 e. The molecule has 0 amide bonds. The normalized spacial score (nSPS) is 30.5. The van der Waals surface area contributed by atoms with Crippen molar-refractivity contribution in [3.63, 3.8) is 0 Å². The van der Waals surface area contributed by atoms with E-state index in [4.69, 9.17) is 5.73 Å². The number of aromatic nitrogens is 3. The molecule has 2 atom stereocenters. The highest BCUT2D eigenvalue weighted by Gasteiger charge is 2.25. The number of thioether (sulfide) groups is 1. The van der Waals surface area contributed by atoms with Crippen LogP contribution in [-0.4, -0.2) is 32.3 Å². The molecule has 2 unspecified atom stereocenters. The molecular weight excluding hydrogens is 208 g/mol. The number of rotatable bonds is 1. The minimum absolute atomic E-state index is 0.285. The maximum absolute atomic E-state index is 5.93. The molecule has 15 heavy (non-hydrogen) atoms. The first-order valence-corrected chi connectivity index (χ1v) is 6.75. The highest BCUT2D eigenvalue weighted by molar-refractivity contribution is 7.99. The maximum Gasteiger partial charge on any atom is 0.154 e. The van der Waals surface area contributed by atoms with Crippen LogP contribution in [0.25, 0.3) is 0 Å². The van der Waals surface area contributed by atoms with Gasteiger partial charge in [-0.3, -0.25) is 0 Å². The molecule has 3 heterocycles. The first-order valence-electron chi connectivity index (χ1n) is 5.60. The van der Waals surface area contributed by atoms with E-state index in [0.29, 0.717) is 5.92 Å². The Morgan fingerprint density at radius 3 is 3.13 bits per heavy atom. The summed E-state index contributed by atoms with van der Waals surface area (Å²) in [7, 11) is 0. The summed E-state index contributed by atoms with van der Waals surface area (Å²) < 4.78 is 2.06. The summed E-state index contributed by atoms with van der Waals surface area (Å²) >= 11 is 2.01. The number of nitrogens with zero attached hydrogens (tertiary/aromatic N) is 3. The molecule has 1 aromatic rings. The summed E-state index contributed by atoms with van der Waals surface area (Å²) in [5.74, 6) is 5.19. The van der Waals surface area contributed by atoms with E-state index in [0.717, 1.165) is 31.0 Å². The van der Waals surface area contributed by atoms with Crippen LogP contribution in [0.4, 0.5) is 0 Å². The molecular formula is C10H16N4S. The first kappa shape index (κ1) is 9.66. The lowest BCUT2D eigenvalue weighted by atomic mass is 10.1. The summed E-state index contributed by atoms with van der Waals surface area (Å²) in [5.41, 5.74) is 5.93. The molecule has 3 rings (SSSR count). The van der Waals surface area contributed by atoms with Crippen LogP contribution >= 0.6 is 11.8 Å². The molecule has 82 valence electrons. The molecule has 0 aliphatic carbocycles. The molecule has 0 spiro atoms. The maximum atomic E-state index is 5.93. The lowest BCUT2D eigenvalue weighted by Gasteiger charge is -2.17. The van der Waals surface area contributed by atoms with Crippen molar-refractivity contribution in [3.8, 4) is 0 Å². The lowest BCUT2D eigenvalue weighted by molar-refractivity contribution is 0.431. The van der Waals surface area contributed by atoms with Crippen LogP contribution in [0.3, 0.4) is 0 Å². The van der Waals surface area contributed by atoms with E-state index in [1.807, 2.05) is 11.8 Å². The molecule has 0 bridgehead atoms. The Hall–Kier alpha value is -0.550. The van der Waals surface area contributed by atoms with E-state index < -0.39 is 0 Å². The van der Waals surface area contributed by atoms with E-state index in [1.165, 1.54) is 17.9 Å². The Morgan fingerprint density at radius 1 is 1.40 bits per heavy atom. The van der Waals surface area contributed by atoms with Crippen LogP contribution in [0.5, 0.6) is 0 Å². The van der Waals surface area contributed by atoms with Crippen LogP contribution in [-0.2, 0) is 13.0 Å². The van der Waals surface area contributed by atoms with Crippen LogP contribution in [0.15, 0.2) is 0 Å². The third kappa shape index (κ3) is 1.78. The Kier molecular flexibility index (Phi) is 2.44. The van der Waals surface area contributed by atoms with Gasteiger partial charge in [0.25, 0.3) is 0 Å². The molecule has 2 aliphatic heterocycles. The van der Waals surface area contributed by atoms with Crippen molar-refractivity contribution in [1.82, 2.24) is 14.8 Å². The monoisotopic (exact) mass is 224 g/mol. The quantitative estimate of drug-likeness (QED) is 0.765. The average Bonchev–Trinajstić information content (AvgIpc) is 2.84. The fraction of sp³-hybridized carbons (Fsp3) is 0.800. The minimum atomic E-state index is 0.285. The SMILES string of the molecule is NC1CCn2nc(C3CCSC3)nc2C1. The predicted octanol–water partition coefficient (Wildman–Crippen LogP) is 0.772. The van der Waals surface area contributed by atoms with Gasteiger partial charge in [0, 0.05) is 30.7 Å². The van der Waals surface area contributed by atoms with Gasteiger partial charge in [-0.2, -0.15) is 16.9 Å². The van der Waals surface area contributed by atoms with Crippen molar-refractivity contribution in [2.45, 2.75) is 37.8 Å². The topological polar surface area (TPSA) is 56.7 Å². The molecule has 1 aromatic heterocycles. The smallest absolute Gasteiger partial charge is 0.154 e. The molecule has 2 aliphatic rings. The molecule has 0 radical (unpaired) electrons. The second kappa shape index (κ2) is 3.79. The summed E-state index contributed by atoms with van der Waals surface area (Å²) in [6, 6.07) is 0.285. The zero-order chi connectivity index (χ0) is 10.3. The van der Waals surface area contributed by atoms with Gasteiger partial charge in [0.2, 0.25) is 0 Å². The lowest BCUT2D eigenvalue weighted by Crippen LogP contribution is -2.31. The Labute approximate surface area is 93.6 Å². The second-order valence-corrected chi connectivity index (χ2v) is 5.57. The summed E-state index contributed by atoms with van der Waals surface area (Å²) in [4.78, 5) is 4.64. The average molecular weight is 224 g/mol. The number of nitrogens with two attached hydrogens (primary N) is 1. The zero-order valence-electron chi connectivity index (χ0n) is 8.72. The fourth-order valence-corrected chi connectivity index (χ4v) is 3.48. The van der Waals surface area contributed by atoms with E-state index >= 15 is 0 Å². The van der Waals surface area contributed by atoms with Crippen molar-refractivity contribution >= 4 is 11.8 Å². The number of hydrogen-bond acceptors (Lipinski definition) is 4. The molecule has 0 aromatic carbocycles. The molecule has 2 N–H and O–H groups in total. The molecule has 4 nitrogen and oxygen atoms in total. The summed E-state index contributed by atoms with van der Waals surface area (Å²) in [6.07, 6.45) is 3.17. The third-order valence-electron chi connectivity index (χ3n) is 3.22. The van der Waals surface area contributed by atoms with E-state index in [9.17, 15) is 0 Å². The summed E-state index contributed by atoms with van der Waals surface area (Å²) in [6.45, 7) is 0.948. The van der Waals surface area contributed by atoms with Crippen molar-refractivity contribution in [3.05, 3.63) is 11.6 Å². The molecule has 1 fully saturated rings. The zero-order valence-corrected chi connectivity index (χ0v) is 9.54. The molecule has 1 saturated heterocycles. The van der Waals surface area contributed by atoms with Gasteiger partial charge in [0.05, 0.1) is 0 Å². The van der Waals surface area contributed by atoms with Gasteiger partial charge in [0.15, 0.2) is 5.82 Å². The van der Waals surface area contributed by atoms with Gasteiger partial charge < -0.3 is 5.73 Å². The van der Waals surface area contributed by atoms with Crippen LogP contribution in [0.2, 0.25) is 0 Å². The van der Waals surface area contributed by atoms with Gasteiger partial charge in [-0.1, -0.05) is 0 Å². The van der Waals surface area contributed by atoms with Crippen molar-refractivity contribution < 1.29 is 0 Å². The first-order chi connectivity index (χ1) is 7.33. The minimum Gasteiger partial charge on any atom is -0.327 e. The van der Waals surface area contributed by atoms with Crippen molar-refractivity contribution in [2.75, 3.05) is 11.5 Å². The number of aryl methyl sites for hydroxylation is 1. The predicted molar refractivity (Wildman–Crippen MR) is 61.0 cm³/mol. The van der Waals surface area contributed by atoms with Crippen LogP contribution in [0.1, 0.15) is 30.4 Å². The second-order valence-electron chi connectivity index (χ2n) is 4.42. The highest BCUT2D eigenvalue weighted by Crippen LogP contribution is 2.31. The van der Waals surface area contributed by atoms with Gasteiger partial charge in [-0.25, -0.2) is 9.67 Å². The van der Waals surface area contributed by atoms with Crippen molar-refractivity contribution in [2.24, 2.45) is 5.73 Å². The van der Waals surface area contributed by atoms with Crippen LogP contribution < -0.4 is 5.73 Å². The Bertz CT molecular complexity index is 356. The van der Waals surface area contributed by atoms with E-state index in [1.54, 1.807) is 0 Å². The van der Waals surface area contributed by atoms with Gasteiger partial charge >= 0.3 is 0 Å². The van der Waals surface area contributed by atoms with Gasteiger partial charge in [0.1, 0.15) is 5.82 Å². The van der Waals surface area contributed by atoms with E-state index in [-0.39, 0.29) is 6.04 Å². The van der Waals surface area contributed by atoms with Crippen molar-refractivity contribution in [1.29, 1.82) is 0 Å². The molecule has 5 heteroatoms.